The molecule has 0 aliphatic carbocycles. The number of aliphatic hydroxyl groups is 1. The Balaban J connectivity index is 0.00000363. The molecule has 0 radical (unpaired) electrons. The predicted octanol–water partition coefficient (Wildman–Crippen LogP) is 2.23. The first kappa shape index (κ1) is 24.6. The second-order valence-electron chi connectivity index (χ2n) is 6.76. The number of carboxylic acid groups (broad SMARTS) is 1. The summed E-state index contributed by atoms with van der Waals surface area (Å²) in [6.45, 7) is 3.68. The number of aromatic nitrogens is 3. The lowest BCUT2D eigenvalue weighted by Crippen LogP contribution is -2.25. The van der Waals surface area contributed by atoms with Gasteiger partial charge in [-0.2, -0.15) is 5.26 Å². The van der Waals surface area contributed by atoms with E-state index in [1.165, 1.54) is 16.8 Å². The summed E-state index contributed by atoms with van der Waals surface area (Å²) in [7, 11) is 0. The van der Waals surface area contributed by atoms with Gasteiger partial charge in [0.2, 0.25) is 0 Å². The number of aromatic carboxylic acids is 1. The van der Waals surface area contributed by atoms with Crippen LogP contribution in [0.4, 0.5) is 16.0 Å². The van der Waals surface area contributed by atoms with E-state index in [0.29, 0.717) is 12.4 Å². The monoisotopic (exact) mass is 464 g/mol. The van der Waals surface area contributed by atoms with Crippen LogP contribution in [-0.4, -0.2) is 50.0 Å². The van der Waals surface area contributed by atoms with Crippen molar-refractivity contribution in [1.82, 2.24) is 14.6 Å². The van der Waals surface area contributed by atoms with Gasteiger partial charge >= 0.3 is 5.97 Å². The van der Waals surface area contributed by atoms with E-state index in [1.54, 1.807) is 17.9 Å². The van der Waals surface area contributed by atoms with E-state index in [4.69, 9.17) is 10.5 Å². The zero-order valence-electron chi connectivity index (χ0n) is 17.3. The third-order valence-corrected chi connectivity index (χ3v) is 4.68. The van der Waals surface area contributed by atoms with E-state index in [2.05, 4.69) is 10.1 Å². The van der Waals surface area contributed by atoms with Crippen LogP contribution in [0.1, 0.15) is 35.3 Å². The highest BCUT2D eigenvalue weighted by molar-refractivity contribution is 5.99. The van der Waals surface area contributed by atoms with E-state index in [1.807, 2.05) is 13.0 Å². The normalized spacial score (nSPS) is 11.5. The first-order valence-electron chi connectivity index (χ1n) is 9.42. The summed E-state index contributed by atoms with van der Waals surface area (Å²) < 4.78 is 21.2. The molecule has 32 heavy (non-hydrogen) atoms. The van der Waals surface area contributed by atoms with Crippen LogP contribution in [0, 0.1) is 17.1 Å². The molecule has 2 heterocycles. The van der Waals surface area contributed by atoms with Gasteiger partial charge in [-0.1, -0.05) is 0 Å². The molecule has 0 aliphatic heterocycles. The van der Waals surface area contributed by atoms with E-state index in [9.17, 15) is 24.7 Å². The number of ether oxygens (including phenoxy) is 1. The first-order chi connectivity index (χ1) is 14.8. The number of benzene rings is 1. The molecule has 1 atom stereocenters. The van der Waals surface area contributed by atoms with E-state index in [-0.39, 0.29) is 59.5 Å². The first-order valence-corrected chi connectivity index (χ1v) is 9.42. The molecule has 3 rings (SSSR count). The number of hydrogen-bond donors (Lipinski definition) is 3. The van der Waals surface area contributed by atoms with Crippen molar-refractivity contribution in [3.63, 3.8) is 0 Å². The van der Waals surface area contributed by atoms with E-state index < -0.39 is 17.9 Å². The number of nitrogens with zero attached hydrogens (tertiary/aromatic N) is 5. The van der Waals surface area contributed by atoms with Gasteiger partial charge in [0.1, 0.15) is 35.1 Å². The Labute approximate surface area is 189 Å². The Morgan fingerprint density at radius 2 is 2.16 bits per heavy atom. The number of aliphatic hydroxyl groups excluding tert-OH is 1. The highest BCUT2D eigenvalue weighted by atomic mass is 35.5. The minimum atomic E-state index is -1.26. The minimum Gasteiger partial charge on any atom is -0.488 e. The van der Waals surface area contributed by atoms with Gasteiger partial charge < -0.3 is 25.6 Å². The summed E-state index contributed by atoms with van der Waals surface area (Å²) in [6, 6.07) is 6.01. The maximum Gasteiger partial charge on any atom is 0.343 e. The molecule has 2 aromatic heterocycles. The molecule has 170 valence electrons. The lowest BCUT2D eigenvalue weighted by atomic mass is 10.1. The number of nitrogen functional groups attached to an aromatic ring is 1. The van der Waals surface area contributed by atoms with Gasteiger partial charge in [0.05, 0.1) is 12.2 Å². The smallest absolute Gasteiger partial charge is 0.343 e. The Bertz CT molecular complexity index is 1180. The van der Waals surface area contributed by atoms with Crippen LogP contribution in [0.5, 0.6) is 5.75 Å². The number of nitrogens with two attached hydrogens (primary N) is 1. The van der Waals surface area contributed by atoms with Gasteiger partial charge in [-0.15, -0.1) is 17.5 Å². The standard InChI is InChI=1S/C20H21FN6O4.ClH/c1-3-26(16-6-7-27-19(24-16)17(20(29)30)18(23)25-27)9-13-12(8-22)14(21)4-5-15(13)31-11(2)10-28;/h4-7,11,28H,3,9-10H2,1-2H3,(H2,23,25)(H,29,30);1H/t11-;/m0./s1. The van der Waals surface area contributed by atoms with Crippen molar-refractivity contribution in [3.05, 3.63) is 46.9 Å². The fourth-order valence-corrected chi connectivity index (χ4v) is 3.11. The summed E-state index contributed by atoms with van der Waals surface area (Å²) in [4.78, 5) is 17.6. The van der Waals surface area contributed by atoms with Crippen molar-refractivity contribution < 1.29 is 24.1 Å². The molecule has 0 saturated heterocycles. The molecule has 1 aromatic carbocycles. The van der Waals surface area contributed by atoms with E-state index in [0.717, 1.165) is 6.07 Å². The molecule has 0 saturated carbocycles. The van der Waals surface area contributed by atoms with Gasteiger partial charge in [-0.05, 0) is 32.0 Å². The second-order valence-corrected chi connectivity index (χ2v) is 6.76. The van der Waals surface area contributed by atoms with Crippen LogP contribution in [0.25, 0.3) is 5.65 Å². The van der Waals surface area contributed by atoms with Crippen LogP contribution in [0.2, 0.25) is 0 Å². The molecule has 3 aromatic rings. The molecule has 10 nitrogen and oxygen atoms in total. The number of rotatable bonds is 8. The highest BCUT2D eigenvalue weighted by Crippen LogP contribution is 2.29. The van der Waals surface area contributed by atoms with Crippen LogP contribution >= 0.6 is 12.4 Å². The van der Waals surface area contributed by atoms with Crippen LogP contribution in [-0.2, 0) is 6.54 Å². The number of halogens is 2. The van der Waals surface area contributed by atoms with Gasteiger partial charge in [-0.25, -0.2) is 18.7 Å². The minimum absolute atomic E-state index is 0. The Hall–Kier alpha value is -3.62. The molecule has 0 aliphatic rings. The zero-order chi connectivity index (χ0) is 22.7. The third-order valence-electron chi connectivity index (χ3n) is 4.68. The van der Waals surface area contributed by atoms with Gasteiger partial charge in [0.15, 0.2) is 11.5 Å². The Morgan fingerprint density at radius 3 is 2.75 bits per heavy atom. The molecule has 12 heteroatoms. The number of nitriles is 1. The highest BCUT2D eigenvalue weighted by Gasteiger charge is 2.22. The predicted molar refractivity (Wildman–Crippen MR) is 117 cm³/mol. The summed E-state index contributed by atoms with van der Waals surface area (Å²) in [5, 5.41) is 32.1. The van der Waals surface area contributed by atoms with Crippen molar-refractivity contribution in [3.8, 4) is 11.8 Å². The summed E-state index contributed by atoms with van der Waals surface area (Å²) in [6.07, 6.45) is 0.957. The zero-order valence-corrected chi connectivity index (χ0v) is 18.1. The summed E-state index contributed by atoms with van der Waals surface area (Å²) in [5.74, 6) is -1.47. The van der Waals surface area contributed by atoms with Crippen molar-refractivity contribution in [2.24, 2.45) is 0 Å². The van der Waals surface area contributed by atoms with Crippen LogP contribution in [0.3, 0.4) is 0 Å². The van der Waals surface area contributed by atoms with Gasteiger partial charge in [-0.3, -0.25) is 0 Å². The molecule has 4 N–H and O–H groups in total. The molecule has 0 spiro atoms. The lowest BCUT2D eigenvalue weighted by molar-refractivity contribution is 0.0700. The van der Waals surface area contributed by atoms with Crippen molar-refractivity contribution in [1.29, 1.82) is 5.26 Å². The van der Waals surface area contributed by atoms with Gasteiger partial charge in [0.25, 0.3) is 0 Å². The number of anilines is 2. The number of fused-ring (bicyclic) bond motifs is 1. The summed E-state index contributed by atoms with van der Waals surface area (Å²) >= 11 is 0. The number of hydrogen-bond acceptors (Lipinski definition) is 8. The molecule has 0 unspecified atom stereocenters. The van der Waals surface area contributed by atoms with Crippen LogP contribution in [0.15, 0.2) is 24.4 Å². The SMILES string of the molecule is CCN(Cc1c(O[C@@H](C)CO)ccc(F)c1C#N)c1ccn2nc(N)c(C(=O)O)c2n1.Cl. The quantitative estimate of drug-likeness (QED) is 0.455. The Morgan fingerprint density at radius 1 is 1.44 bits per heavy atom. The second kappa shape index (κ2) is 10.1. The molecular formula is C20H22ClFN6O4. The van der Waals surface area contributed by atoms with Crippen molar-refractivity contribution >= 4 is 35.7 Å². The molecule has 0 amide bonds. The fourth-order valence-electron chi connectivity index (χ4n) is 3.11. The molecular weight excluding hydrogens is 443 g/mol. The fraction of sp³-hybridized carbons (Fsp3) is 0.300. The van der Waals surface area contributed by atoms with Crippen molar-refractivity contribution in [2.45, 2.75) is 26.5 Å². The number of carbonyl (C=O) groups is 1. The van der Waals surface area contributed by atoms with E-state index >= 15 is 0 Å². The maximum atomic E-state index is 14.3. The third kappa shape index (κ3) is 4.66. The largest absolute Gasteiger partial charge is 0.488 e. The van der Waals surface area contributed by atoms with Gasteiger partial charge in [0, 0.05) is 24.8 Å². The topological polar surface area (TPSA) is 150 Å². The van der Waals surface area contributed by atoms with Crippen LogP contribution < -0.4 is 15.4 Å². The lowest BCUT2D eigenvalue weighted by Gasteiger charge is -2.25. The molecule has 0 bridgehead atoms. The Kier molecular flexibility index (Phi) is 7.80. The average molecular weight is 465 g/mol. The van der Waals surface area contributed by atoms with Crippen molar-refractivity contribution in [2.75, 3.05) is 23.8 Å². The molecule has 0 fully saturated rings. The maximum absolute atomic E-state index is 14.3. The number of carboxylic acids is 1. The summed E-state index contributed by atoms with van der Waals surface area (Å²) in [5.41, 5.74) is 5.64. The average Bonchev–Trinajstić information content (AvgIpc) is 3.08.